The third-order valence-corrected chi connectivity index (χ3v) is 3.68. The number of halogens is 1. The third-order valence-electron chi connectivity index (χ3n) is 3.37. The van der Waals surface area contributed by atoms with Crippen LogP contribution in [-0.4, -0.2) is 17.3 Å². The summed E-state index contributed by atoms with van der Waals surface area (Å²) in [7, 11) is 0. The van der Waals surface area contributed by atoms with E-state index in [2.05, 4.69) is 0 Å². The molecule has 0 amide bonds. The van der Waals surface area contributed by atoms with Gasteiger partial charge in [0.25, 0.3) is 0 Å². The van der Waals surface area contributed by atoms with Crippen LogP contribution >= 0.6 is 11.6 Å². The first-order valence-electron chi connectivity index (χ1n) is 6.18. The largest absolute Gasteiger partial charge is 0.489 e. The number of rotatable bonds is 3. The fourth-order valence-electron chi connectivity index (χ4n) is 2.30. The molecule has 0 unspecified atom stereocenters. The van der Waals surface area contributed by atoms with E-state index in [1.54, 1.807) is 18.2 Å². The van der Waals surface area contributed by atoms with E-state index in [9.17, 15) is 5.11 Å². The molecule has 3 nitrogen and oxygen atoms in total. The normalized spacial score (nSPS) is 18.1. The lowest BCUT2D eigenvalue weighted by Gasteiger charge is -2.31. The highest BCUT2D eigenvalue weighted by atomic mass is 35.5. The average molecular weight is 266 g/mol. The van der Waals surface area contributed by atoms with Crippen molar-refractivity contribution in [3.05, 3.63) is 28.8 Å². The molecule has 0 bridgehead atoms. The van der Waals surface area contributed by atoms with Crippen molar-refractivity contribution in [1.29, 1.82) is 5.26 Å². The Morgan fingerprint density at radius 1 is 1.33 bits per heavy atom. The lowest BCUT2D eigenvalue weighted by molar-refractivity contribution is -0.0339. The quantitative estimate of drug-likeness (QED) is 0.912. The molecule has 0 spiro atoms. The van der Waals surface area contributed by atoms with Crippen molar-refractivity contribution in [3.63, 3.8) is 0 Å². The Morgan fingerprint density at radius 3 is 2.72 bits per heavy atom. The van der Waals surface area contributed by atoms with Gasteiger partial charge < -0.3 is 9.84 Å². The van der Waals surface area contributed by atoms with Crippen LogP contribution in [0.4, 0.5) is 0 Å². The second-order valence-corrected chi connectivity index (χ2v) is 5.21. The third kappa shape index (κ3) is 2.95. The van der Waals surface area contributed by atoms with Crippen LogP contribution in [-0.2, 0) is 0 Å². The van der Waals surface area contributed by atoms with E-state index in [1.807, 2.05) is 6.07 Å². The molecule has 0 saturated heterocycles. The van der Waals surface area contributed by atoms with Gasteiger partial charge >= 0.3 is 0 Å². The molecule has 0 heterocycles. The zero-order chi connectivity index (χ0) is 13.0. The predicted octanol–water partition coefficient (Wildman–Crippen LogP) is 3.29. The van der Waals surface area contributed by atoms with E-state index >= 15 is 0 Å². The molecule has 0 aromatic heterocycles. The van der Waals surface area contributed by atoms with Gasteiger partial charge in [-0.15, -0.1) is 0 Å². The molecule has 1 fully saturated rings. The Balaban J connectivity index is 2.06. The lowest BCUT2D eigenvalue weighted by atomic mass is 9.85. The van der Waals surface area contributed by atoms with Crippen LogP contribution in [0.1, 0.15) is 37.7 Å². The minimum absolute atomic E-state index is 0.224. The van der Waals surface area contributed by atoms with Gasteiger partial charge in [-0.1, -0.05) is 36.9 Å². The number of hydrogen-bond acceptors (Lipinski definition) is 3. The van der Waals surface area contributed by atoms with E-state index in [0.29, 0.717) is 16.3 Å². The Hall–Kier alpha value is -1.24. The Labute approximate surface area is 112 Å². The van der Waals surface area contributed by atoms with Gasteiger partial charge in [-0.2, -0.15) is 5.26 Å². The molecular formula is C14H16ClNO2. The monoisotopic (exact) mass is 265 g/mol. The smallest absolute Gasteiger partial charge is 0.138 e. The number of hydrogen-bond donors (Lipinski definition) is 1. The molecule has 96 valence electrons. The average Bonchev–Trinajstić information content (AvgIpc) is 2.37. The first-order chi connectivity index (χ1) is 8.64. The highest BCUT2D eigenvalue weighted by molar-refractivity contribution is 6.31. The lowest BCUT2D eigenvalue weighted by Crippen LogP contribution is -2.38. The summed E-state index contributed by atoms with van der Waals surface area (Å²) < 4.78 is 5.59. The second kappa shape index (κ2) is 5.60. The zero-order valence-corrected chi connectivity index (χ0v) is 10.9. The predicted molar refractivity (Wildman–Crippen MR) is 69.7 cm³/mol. The first kappa shape index (κ1) is 13.2. The van der Waals surface area contributed by atoms with Gasteiger partial charge in [0, 0.05) is 0 Å². The summed E-state index contributed by atoms with van der Waals surface area (Å²) in [6.45, 7) is 0.224. The van der Waals surface area contributed by atoms with E-state index in [-0.39, 0.29) is 6.61 Å². The van der Waals surface area contributed by atoms with Crippen molar-refractivity contribution >= 4 is 11.6 Å². The molecule has 4 heteroatoms. The summed E-state index contributed by atoms with van der Waals surface area (Å²) >= 11 is 5.92. The molecule has 0 radical (unpaired) electrons. The molecule has 0 atom stereocenters. The van der Waals surface area contributed by atoms with Crippen LogP contribution in [0.5, 0.6) is 5.75 Å². The molecule has 1 aliphatic carbocycles. The van der Waals surface area contributed by atoms with Gasteiger partial charge in [0.15, 0.2) is 0 Å². The highest BCUT2D eigenvalue weighted by Crippen LogP contribution is 2.31. The maximum absolute atomic E-state index is 10.3. The molecule has 1 saturated carbocycles. The van der Waals surface area contributed by atoms with Crippen LogP contribution in [0.2, 0.25) is 5.02 Å². The van der Waals surface area contributed by atoms with Gasteiger partial charge in [-0.3, -0.25) is 0 Å². The van der Waals surface area contributed by atoms with E-state index in [4.69, 9.17) is 21.6 Å². The van der Waals surface area contributed by atoms with Crippen LogP contribution < -0.4 is 4.74 Å². The van der Waals surface area contributed by atoms with Gasteiger partial charge in [0.1, 0.15) is 24.0 Å². The number of ether oxygens (including phenoxy) is 1. The molecular weight excluding hydrogens is 250 g/mol. The summed E-state index contributed by atoms with van der Waals surface area (Å²) in [5.41, 5.74) is -0.425. The standard InChI is InChI=1S/C14H16ClNO2/c15-12-5-4-6-13(11(12)9-16)18-10-14(17)7-2-1-3-8-14/h4-6,17H,1-3,7-8,10H2. The Kier molecular flexibility index (Phi) is 4.11. The molecule has 1 aliphatic rings. The van der Waals surface area contributed by atoms with Gasteiger partial charge in [0.05, 0.1) is 10.6 Å². The molecule has 2 rings (SSSR count). The Morgan fingerprint density at radius 2 is 2.06 bits per heavy atom. The van der Waals surface area contributed by atoms with Crippen molar-refractivity contribution in [2.75, 3.05) is 6.61 Å². The second-order valence-electron chi connectivity index (χ2n) is 4.80. The van der Waals surface area contributed by atoms with E-state index in [1.165, 1.54) is 6.42 Å². The number of benzene rings is 1. The summed E-state index contributed by atoms with van der Waals surface area (Å²) in [5.74, 6) is 0.448. The van der Waals surface area contributed by atoms with Crippen LogP contribution in [0.15, 0.2) is 18.2 Å². The SMILES string of the molecule is N#Cc1c(Cl)cccc1OCC1(O)CCCCC1. The summed E-state index contributed by atoms with van der Waals surface area (Å²) in [6.07, 6.45) is 4.74. The van der Waals surface area contributed by atoms with E-state index in [0.717, 1.165) is 25.7 Å². The summed E-state index contributed by atoms with van der Waals surface area (Å²) in [6, 6.07) is 7.13. The van der Waals surface area contributed by atoms with Crippen LogP contribution in [0.25, 0.3) is 0 Å². The minimum Gasteiger partial charge on any atom is -0.489 e. The van der Waals surface area contributed by atoms with Crippen molar-refractivity contribution in [1.82, 2.24) is 0 Å². The Bertz CT molecular complexity index is 461. The molecule has 0 aliphatic heterocycles. The fourth-order valence-corrected chi connectivity index (χ4v) is 2.51. The molecule has 1 N–H and O–H groups in total. The summed E-state index contributed by atoms with van der Waals surface area (Å²) in [4.78, 5) is 0. The van der Waals surface area contributed by atoms with Crippen molar-refractivity contribution in [3.8, 4) is 11.8 Å². The van der Waals surface area contributed by atoms with Crippen molar-refractivity contribution < 1.29 is 9.84 Å². The van der Waals surface area contributed by atoms with Crippen LogP contribution in [0.3, 0.4) is 0 Å². The number of nitriles is 1. The van der Waals surface area contributed by atoms with Crippen molar-refractivity contribution in [2.24, 2.45) is 0 Å². The van der Waals surface area contributed by atoms with Gasteiger partial charge in [-0.05, 0) is 25.0 Å². The van der Waals surface area contributed by atoms with Gasteiger partial charge in [-0.25, -0.2) is 0 Å². The molecule has 18 heavy (non-hydrogen) atoms. The maximum Gasteiger partial charge on any atom is 0.138 e. The molecule has 1 aromatic carbocycles. The molecule has 1 aromatic rings. The highest BCUT2D eigenvalue weighted by Gasteiger charge is 2.30. The first-order valence-corrected chi connectivity index (χ1v) is 6.56. The minimum atomic E-state index is -0.757. The van der Waals surface area contributed by atoms with Gasteiger partial charge in [0.2, 0.25) is 0 Å². The number of nitrogens with zero attached hydrogens (tertiary/aromatic N) is 1. The fraction of sp³-hybridized carbons (Fsp3) is 0.500. The van der Waals surface area contributed by atoms with E-state index < -0.39 is 5.60 Å². The zero-order valence-electron chi connectivity index (χ0n) is 10.2. The topological polar surface area (TPSA) is 53.2 Å². The summed E-state index contributed by atoms with van der Waals surface area (Å²) in [5, 5.41) is 19.7. The maximum atomic E-state index is 10.3. The number of aliphatic hydroxyl groups is 1. The van der Waals surface area contributed by atoms with Crippen LogP contribution in [0, 0.1) is 11.3 Å². The van der Waals surface area contributed by atoms with Crippen molar-refractivity contribution in [2.45, 2.75) is 37.7 Å².